The van der Waals surface area contributed by atoms with Crippen LogP contribution in [0.5, 0.6) is 11.8 Å². The van der Waals surface area contributed by atoms with E-state index in [0.29, 0.717) is 11.7 Å². The fourth-order valence-corrected chi connectivity index (χ4v) is 1.89. The van der Waals surface area contributed by atoms with Gasteiger partial charge in [-0.25, -0.2) is 4.98 Å². The maximum Gasteiger partial charge on any atom is 0.328 e. The summed E-state index contributed by atoms with van der Waals surface area (Å²) in [6, 6.07) is 5.90. The molecule has 0 aliphatic heterocycles. The van der Waals surface area contributed by atoms with E-state index in [1.54, 1.807) is 23.3 Å². The first kappa shape index (κ1) is 13.5. The van der Waals surface area contributed by atoms with Crippen LogP contribution >= 0.6 is 11.6 Å². The average molecular weight is 302 g/mol. The van der Waals surface area contributed by atoms with Crippen molar-refractivity contribution in [2.45, 2.75) is 13.8 Å². The van der Waals surface area contributed by atoms with E-state index < -0.39 is 0 Å². The first-order chi connectivity index (χ1) is 10.1. The lowest BCUT2D eigenvalue weighted by Crippen LogP contribution is -2.03. The van der Waals surface area contributed by atoms with E-state index in [0.717, 1.165) is 5.56 Å². The molecule has 0 N–H and O–H groups in total. The van der Waals surface area contributed by atoms with Crippen LogP contribution in [0.25, 0.3) is 5.95 Å². The Balaban J connectivity index is 1.93. The number of halogens is 1. The predicted molar refractivity (Wildman–Crippen MR) is 77.9 cm³/mol. The Hall–Kier alpha value is -2.47. The summed E-state index contributed by atoms with van der Waals surface area (Å²) in [5, 5.41) is 0.0625. The molecule has 0 radical (unpaired) electrons. The number of imidazole rings is 1. The van der Waals surface area contributed by atoms with E-state index in [1.165, 1.54) is 5.56 Å². The van der Waals surface area contributed by atoms with Crippen LogP contribution in [-0.4, -0.2) is 24.5 Å². The highest BCUT2D eigenvalue weighted by molar-refractivity contribution is 6.28. The van der Waals surface area contributed by atoms with E-state index in [2.05, 4.69) is 19.9 Å². The Labute approximate surface area is 126 Å². The fraction of sp³-hybridized carbons (Fsp3) is 0.143. The highest BCUT2D eigenvalue weighted by atomic mass is 35.5. The number of benzene rings is 1. The molecule has 0 spiro atoms. The van der Waals surface area contributed by atoms with E-state index in [1.807, 2.05) is 32.0 Å². The summed E-state index contributed by atoms with van der Waals surface area (Å²) in [6.07, 6.45) is 4.92. The number of ether oxygens (including phenoxy) is 1. The summed E-state index contributed by atoms with van der Waals surface area (Å²) in [7, 11) is 0. The molecule has 3 rings (SSSR count). The van der Waals surface area contributed by atoms with Gasteiger partial charge in [-0.2, -0.15) is 15.0 Å². The molecule has 2 heterocycles. The maximum absolute atomic E-state index is 5.91. The molecule has 1 aromatic carbocycles. The summed E-state index contributed by atoms with van der Waals surface area (Å²) in [6.45, 7) is 4.05. The molecule has 21 heavy (non-hydrogen) atoms. The highest BCUT2D eigenvalue weighted by Crippen LogP contribution is 2.22. The van der Waals surface area contributed by atoms with Gasteiger partial charge in [-0.1, -0.05) is 6.07 Å². The van der Waals surface area contributed by atoms with Gasteiger partial charge in [0.05, 0.1) is 0 Å². The Morgan fingerprint density at radius 2 is 1.95 bits per heavy atom. The third-order valence-corrected chi connectivity index (χ3v) is 3.17. The molecule has 0 amide bonds. The van der Waals surface area contributed by atoms with Crippen LogP contribution in [0.4, 0.5) is 0 Å². The maximum atomic E-state index is 5.91. The Morgan fingerprint density at radius 3 is 2.67 bits per heavy atom. The summed E-state index contributed by atoms with van der Waals surface area (Å²) >= 11 is 5.91. The van der Waals surface area contributed by atoms with Crippen LogP contribution in [0.1, 0.15) is 11.1 Å². The van der Waals surface area contributed by atoms with Crippen molar-refractivity contribution in [1.82, 2.24) is 24.5 Å². The van der Waals surface area contributed by atoms with Crippen molar-refractivity contribution in [3.63, 3.8) is 0 Å². The SMILES string of the molecule is Cc1ccc(Oc2nc(Cl)nc(-n3ccnc3)n2)cc1C. The number of rotatable bonds is 3. The van der Waals surface area contributed by atoms with Crippen LogP contribution < -0.4 is 4.74 Å². The van der Waals surface area contributed by atoms with Gasteiger partial charge in [-0.3, -0.25) is 4.57 Å². The first-order valence-electron chi connectivity index (χ1n) is 6.27. The van der Waals surface area contributed by atoms with E-state index in [-0.39, 0.29) is 11.3 Å². The minimum atomic E-state index is 0.0625. The van der Waals surface area contributed by atoms with Gasteiger partial charge in [0.2, 0.25) is 11.2 Å². The molecular weight excluding hydrogens is 290 g/mol. The topological polar surface area (TPSA) is 65.7 Å². The first-order valence-corrected chi connectivity index (χ1v) is 6.64. The molecule has 7 heteroatoms. The van der Waals surface area contributed by atoms with Crippen molar-refractivity contribution in [2.24, 2.45) is 0 Å². The minimum absolute atomic E-state index is 0.0625. The second kappa shape index (κ2) is 5.49. The molecule has 2 aromatic heterocycles. The van der Waals surface area contributed by atoms with Crippen LogP contribution in [-0.2, 0) is 0 Å². The fourth-order valence-electron chi connectivity index (χ4n) is 1.74. The Kier molecular flexibility index (Phi) is 3.53. The number of hydrogen-bond acceptors (Lipinski definition) is 5. The van der Waals surface area contributed by atoms with Crippen molar-refractivity contribution in [1.29, 1.82) is 0 Å². The monoisotopic (exact) mass is 301 g/mol. The van der Waals surface area contributed by atoms with Crippen LogP contribution in [0, 0.1) is 13.8 Å². The van der Waals surface area contributed by atoms with Crippen LogP contribution in [0.2, 0.25) is 5.28 Å². The second-order valence-corrected chi connectivity index (χ2v) is 4.84. The molecule has 0 atom stereocenters. The number of aromatic nitrogens is 5. The summed E-state index contributed by atoms with van der Waals surface area (Å²) in [4.78, 5) is 16.2. The van der Waals surface area contributed by atoms with Crippen molar-refractivity contribution < 1.29 is 4.74 Å². The third-order valence-electron chi connectivity index (χ3n) is 3.00. The molecule has 3 aromatic rings. The Morgan fingerprint density at radius 1 is 1.10 bits per heavy atom. The Bertz CT molecular complexity index is 773. The van der Waals surface area contributed by atoms with Gasteiger partial charge in [0, 0.05) is 12.4 Å². The number of aryl methyl sites for hydroxylation is 2. The molecule has 0 aliphatic rings. The van der Waals surface area contributed by atoms with E-state index in [4.69, 9.17) is 16.3 Å². The molecule has 0 aliphatic carbocycles. The van der Waals surface area contributed by atoms with Gasteiger partial charge in [0.15, 0.2) is 0 Å². The third kappa shape index (κ3) is 3.00. The largest absolute Gasteiger partial charge is 0.424 e. The van der Waals surface area contributed by atoms with Crippen molar-refractivity contribution >= 4 is 11.6 Å². The van der Waals surface area contributed by atoms with Gasteiger partial charge in [-0.05, 0) is 48.7 Å². The predicted octanol–water partition coefficient (Wildman–Crippen LogP) is 3.12. The lowest BCUT2D eigenvalue weighted by atomic mass is 10.1. The lowest BCUT2D eigenvalue weighted by molar-refractivity contribution is 0.437. The molecule has 0 unspecified atom stereocenters. The van der Waals surface area contributed by atoms with Gasteiger partial charge in [0.1, 0.15) is 12.1 Å². The van der Waals surface area contributed by atoms with Gasteiger partial charge < -0.3 is 4.74 Å². The molecule has 0 bridgehead atoms. The molecule has 0 saturated heterocycles. The summed E-state index contributed by atoms with van der Waals surface area (Å²) in [5.74, 6) is 1.00. The molecular formula is C14H12ClN5O. The zero-order valence-corrected chi connectivity index (χ0v) is 12.2. The van der Waals surface area contributed by atoms with Crippen LogP contribution in [0.15, 0.2) is 36.9 Å². The van der Waals surface area contributed by atoms with Crippen molar-refractivity contribution in [3.05, 3.63) is 53.3 Å². The standard InChI is InChI=1S/C14H12ClN5O/c1-9-3-4-11(7-10(9)2)21-14-18-12(15)17-13(19-14)20-6-5-16-8-20/h3-8H,1-2H3. The second-order valence-electron chi connectivity index (χ2n) is 4.51. The minimum Gasteiger partial charge on any atom is -0.424 e. The smallest absolute Gasteiger partial charge is 0.328 e. The van der Waals surface area contributed by atoms with Crippen molar-refractivity contribution in [2.75, 3.05) is 0 Å². The lowest BCUT2D eigenvalue weighted by Gasteiger charge is -2.07. The summed E-state index contributed by atoms with van der Waals surface area (Å²) < 4.78 is 7.28. The molecule has 6 nitrogen and oxygen atoms in total. The van der Waals surface area contributed by atoms with Gasteiger partial charge >= 0.3 is 6.01 Å². The number of hydrogen-bond donors (Lipinski definition) is 0. The van der Waals surface area contributed by atoms with Gasteiger partial charge in [-0.15, -0.1) is 0 Å². The molecule has 0 fully saturated rings. The quantitative estimate of drug-likeness (QED) is 0.743. The zero-order chi connectivity index (χ0) is 14.8. The van der Waals surface area contributed by atoms with Crippen LogP contribution in [0.3, 0.4) is 0 Å². The normalized spacial score (nSPS) is 10.6. The van der Waals surface area contributed by atoms with Gasteiger partial charge in [0.25, 0.3) is 0 Å². The zero-order valence-electron chi connectivity index (χ0n) is 11.5. The average Bonchev–Trinajstić information content (AvgIpc) is 2.96. The van der Waals surface area contributed by atoms with E-state index >= 15 is 0 Å². The molecule has 106 valence electrons. The highest BCUT2D eigenvalue weighted by Gasteiger charge is 2.09. The van der Waals surface area contributed by atoms with E-state index in [9.17, 15) is 0 Å². The summed E-state index contributed by atoms with van der Waals surface area (Å²) in [5.41, 5.74) is 2.32. The number of nitrogens with zero attached hydrogens (tertiary/aromatic N) is 5. The van der Waals surface area contributed by atoms with Crippen molar-refractivity contribution in [3.8, 4) is 17.7 Å². The molecule has 0 saturated carbocycles.